The molecule has 0 aliphatic carbocycles. The molecule has 1 aromatic carbocycles. The molecule has 0 saturated carbocycles. The maximum atomic E-state index is 5.63. The number of rotatable bonds is 7. The summed E-state index contributed by atoms with van der Waals surface area (Å²) in [5.41, 5.74) is 1.22. The Balaban J connectivity index is 2.46. The molecule has 0 amide bonds. The summed E-state index contributed by atoms with van der Waals surface area (Å²) < 4.78 is 5.63. The Labute approximate surface area is 111 Å². The molecule has 0 fully saturated rings. The van der Waals surface area contributed by atoms with Gasteiger partial charge in [0.15, 0.2) is 0 Å². The fourth-order valence-corrected chi connectivity index (χ4v) is 1.70. The Hall–Kier alpha value is -1.22. The molecule has 1 aromatic rings. The number of anilines is 1. The largest absolute Gasteiger partial charge is 0.491 e. The minimum absolute atomic E-state index is 0.226. The van der Waals surface area contributed by atoms with Crippen LogP contribution in [0.1, 0.15) is 27.7 Å². The van der Waals surface area contributed by atoms with Gasteiger partial charge in [-0.3, -0.25) is 0 Å². The quantitative estimate of drug-likeness (QED) is 0.805. The second kappa shape index (κ2) is 7.27. The zero-order valence-corrected chi connectivity index (χ0v) is 12.2. The Morgan fingerprint density at radius 2 is 1.72 bits per heavy atom. The topological polar surface area (TPSA) is 24.5 Å². The molecule has 1 rings (SSSR count). The molecule has 0 radical (unpaired) electrons. The lowest BCUT2D eigenvalue weighted by Gasteiger charge is -2.21. The number of nitrogens with one attached hydrogen (secondary N) is 1. The molecule has 1 N–H and O–H groups in total. The lowest BCUT2D eigenvalue weighted by atomic mass is 10.2. The van der Waals surface area contributed by atoms with Crippen molar-refractivity contribution in [3.63, 3.8) is 0 Å². The average molecular weight is 250 g/mol. The number of hydrogen-bond acceptors (Lipinski definition) is 3. The van der Waals surface area contributed by atoms with Crippen LogP contribution in [0.5, 0.6) is 5.75 Å². The summed E-state index contributed by atoms with van der Waals surface area (Å²) in [4.78, 5) is 2.24. The van der Waals surface area contributed by atoms with E-state index in [0.717, 1.165) is 18.8 Å². The van der Waals surface area contributed by atoms with E-state index in [1.807, 2.05) is 26.0 Å². The van der Waals surface area contributed by atoms with Gasteiger partial charge in [-0.15, -0.1) is 0 Å². The van der Waals surface area contributed by atoms with Crippen molar-refractivity contribution in [1.29, 1.82) is 0 Å². The van der Waals surface area contributed by atoms with E-state index in [4.69, 9.17) is 4.74 Å². The summed E-state index contributed by atoms with van der Waals surface area (Å²) >= 11 is 0. The van der Waals surface area contributed by atoms with Crippen molar-refractivity contribution < 1.29 is 4.74 Å². The molecule has 0 aliphatic heterocycles. The second-order valence-corrected chi connectivity index (χ2v) is 5.19. The van der Waals surface area contributed by atoms with Crippen LogP contribution in [-0.2, 0) is 0 Å². The van der Waals surface area contributed by atoms with Gasteiger partial charge in [0.1, 0.15) is 5.75 Å². The lowest BCUT2D eigenvalue weighted by Crippen LogP contribution is -2.32. The van der Waals surface area contributed by atoms with Gasteiger partial charge in [0, 0.05) is 31.9 Å². The van der Waals surface area contributed by atoms with Crippen molar-refractivity contribution >= 4 is 5.69 Å². The molecule has 18 heavy (non-hydrogen) atoms. The zero-order chi connectivity index (χ0) is 13.5. The van der Waals surface area contributed by atoms with Crippen LogP contribution >= 0.6 is 0 Å². The third kappa shape index (κ3) is 5.41. The molecule has 3 nitrogen and oxygen atoms in total. The van der Waals surface area contributed by atoms with Crippen LogP contribution in [0.3, 0.4) is 0 Å². The average Bonchev–Trinajstić information content (AvgIpc) is 2.28. The van der Waals surface area contributed by atoms with Gasteiger partial charge in [-0.05, 0) is 38.1 Å². The second-order valence-electron chi connectivity index (χ2n) is 5.19. The molecule has 3 heteroatoms. The van der Waals surface area contributed by atoms with Crippen LogP contribution < -0.4 is 15.0 Å². The predicted molar refractivity (Wildman–Crippen MR) is 78.6 cm³/mol. The lowest BCUT2D eigenvalue weighted by molar-refractivity contribution is 0.242. The van der Waals surface area contributed by atoms with Gasteiger partial charge in [-0.1, -0.05) is 13.8 Å². The number of likely N-dealkylation sites (N-methyl/N-ethyl adjacent to an activating group) is 1. The standard InChI is InChI=1S/C15H26N2O/c1-12(2)16-10-11-17(5)14-6-8-15(9-7-14)18-13(3)4/h6-9,12-13,16H,10-11H2,1-5H3. The third-order valence-electron chi connectivity index (χ3n) is 2.65. The van der Waals surface area contributed by atoms with Crippen molar-refractivity contribution in [1.82, 2.24) is 5.32 Å². The van der Waals surface area contributed by atoms with Crippen LogP contribution in [0.15, 0.2) is 24.3 Å². The summed E-state index contributed by atoms with van der Waals surface area (Å²) in [6.07, 6.45) is 0.226. The van der Waals surface area contributed by atoms with E-state index in [0.29, 0.717) is 6.04 Å². The first kappa shape index (κ1) is 14.8. The van der Waals surface area contributed by atoms with Crippen LogP contribution in [0.25, 0.3) is 0 Å². The Kier molecular flexibility index (Phi) is 5.99. The molecule has 0 unspecified atom stereocenters. The Bertz CT molecular complexity index is 333. The third-order valence-corrected chi connectivity index (χ3v) is 2.65. The van der Waals surface area contributed by atoms with Gasteiger partial charge in [-0.25, -0.2) is 0 Å². The zero-order valence-electron chi connectivity index (χ0n) is 12.2. The first-order valence-electron chi connectivity index (χ1n) is 6.70. The molecule has 0 bridgehead atoms. The van der Waals surface area contributed by atoms with Crippen LogP contribution in [0.4, 0.5) is 5.69 Å². The highest BCUT2D eigenvalue weighted by molar-refractivity contribution is 5.48. The smallest absolute Gasteiger partial charge is 0.119 e. The van der Waals surface area contributed by atoms with Crippen molar-refractivity contribution in [2.75, 3.05) is 25.0 Å². The first-order chi connectivity index (χ1) is 8.49. The maximum absolute atomic E-state index is 5.63. The number of hydrogen-bond donors (Lipinski definition) is 1. The van der Waals surface area contributed by atoms with E-state index in [1.54, 1.807) is 0 Å². The number of nitrogens with zero attached hydrogens (tertiary/aromatic N) is 1. The fourth-order valence-electron chi connectivity index (χ4n) is 1.70. The van der Waals surface area contributed by atoms with Gasteiger partial charge >= 0.3 is 0 Å². The molecule has 0 atom stereocenters. The molecule has 0 aliphatic rings. The summed E-state index contributed by atoms with van der Waals surface area (Å²) in [6, 6.07) is 8.81. The summed E-state index contributed by atoms with van der Waals surface area (Å²) in [5.74, 6) is 0.933. The normalized spacial score (nSPS) is 11.1. The number of ether oxygens (including phenoxy) is 1. The predicted octanol–water partition coefficient (Wildman–Crippen LogP) is 2.91. The fraction of sp³-hybridized carbons (Fsp3) is 0.600. The highest BCUT2D eigenvalue weighted by Crippen LogP contribution is 2.19. The summed E-state index contributed by atoms with van der Waals surface area (Å²) in [5, 5.41) is 3.42. The van der Waals surface area contributed by atoms with Crippen LogP contribution in [0.2, 0.25) is 0 Å². The van der Waals surface area contributed by atoms with E-state index in [2.05, 4.69) is 43.2 Å². The van der Waals surface area contributed by atoms with Crippen molar-refractivity contribution in [2.45, 2.75) is 39.8 Å². The van der Waals surface area contributed by atoms with Gasteiger partial charge in [0.2, 0.25) is 0 Å². The van der Waals surface area contributed by atoms with E-state index < -0.39 is 0 Å². The van der Waals surface area contributed by atoms with Crippen molar-refractivity contribution in [3.05, 3.63) is 24.3 Å². The van der Waals surface area contributed by atoms with Crippen LogP contribution in [-0.4, -0.2) is 32.3 Å². The Morgan fingerprint density at radius 1 is 1.11 bits per heavy atom. The van der Waals surface area contributed by atoms with E-state index in [-0.39, 0.29) is 6.10 Å². The minimum Gasteiger partial charge on any atom is -0.491 e. The molecule has 0 heterocycles. The molecular formula is C15H26N2O. The van der Waals surface area contributed by atoms with E-state index >= 15 is 0 Å². The van der Waals surface area contributed by atoms with Gasteiger partial charge < -0.3 is 15.0 Å². The monoisotopic (exact) mass is 250 g/mol. The summed E-state index contributed by atoms with van der Waals surface area (Å²) in [6.45, 7) is 10.4. The molecule has 102 valence electrons. The van der Waals surface area contributed by atoms with Gasteiger partial charge in [0.05, 0.1) is 6.10 Å². The molecular weight excluding hydrogens is 224 g/mol. The molecule has 0 saturated heterocycles. The molecule has 0 aromatic heterocycles. The highest BCUT2D eigenvalue weighted by atomic mass is 16.5. The maximum Gasteiger partial charge on any atom is 0.119 e. The first-order valence-corrected chi connectivity index (χ1v) is 6.70. The summed E-state index contributed by atoms with van der Waals surface area (Å²) in [7, 11) is 2.11. The number of benzene rings is 1. The SMILES string of the molecule is CC(C)NCCN(C)c1ccc(OC(C)C)cc1. The molecule has 0 spiro atoms. The van der Waals surface area contributed by atoms with Gasteiger partial charge in [0.25, 0.3) is 0 Å². The van der Waals surface area contributed by atoms with Crippen molar-refractivity contribution in [2.24, 2.45) is 0 Å². The minimum atomic E-state index is 0.226. The van der Waals surface area contributed by atoms with Gasteiger partial charge in [-0.2, -0.15) is 0 Å². The van der Waals surface area contributed by atoms with Crippen molar-refractivity contribution in [3.8, 4) is 5.75 Å². The highest BCUT2D eigenvalue weighted by Gasteiger charge is 2.02. The van der Waals surface area contributed by atoms with E-state index in [1.165, 1.54) is 5.69 Å². The van der Waals surface area contributed by atoms with E-state index in [9.17, 15) is 0 Å². The Morgan fingerprint density at radius 3 is 2.22 bits per heavy atom. The van der Waals surface area contributed by atoms with Crippen LogP contribution in [0, 0.1) is 0 Å².